The highest BCUT2D eigenvalue weighted by molar-refractivity contribution is 6.76. The molecule has 4 heterocycles. The zero-order chi connectivity index (χ0) is 27.0. The van der Waals surface area contributed by atoms with Crippen LogP contribution in [0.3, 0.4) is 0 Å². The van der Waals surface area contributed by atoms with Gasteiger partial charge in [-0.2, -0.15) is 28.1 Å². The van der Waals surface area contributed by atoms with Gasteiger partial charge in [-0.3, -0.25) is 0 Å². The van der Waals surface area contributed by atoms with E-state index >= 15 is 0 Å². The zero-order valence-electron chi connectivity index (χ0n) is 21.3. The summed E-state index contributed by atoms with van der Waals surface area (Å²) in [4.78, 5) is 20.9. The number of rotatable bonds is 9. The van der Waals surface area contributed by atoms with Gasteiger partial charge >= 0.3 is 6.18 Å². The quantitative estimate of drug-likeness (QED) is 0.233. The molecule has 14 heteroatoms. The van der Waals surface area contributed by atoms with Gasteiger partial charge in [-0.15, -0.1) is 0 Å². The van der Waals surface area contributed by atoms with E-state index in [0.29, 0.717) is 18.0 Å². The highest BCUT2D eigenvalue weighted by atomic mass is 28.3. The lowest BCUT2D eigenvalue weighted by Gasteiger charge is -2.16. The average Bonchev–Trinajstić information content (AvgIpc) is 3.39. The van der Waals surface area contributed by atoms with Gasteiger partial charge in [0.1, 0.15) is 12.6 Å². The van der Waals surface area contributed by atoms with Crippen LogP contribution in [0.1, 0.15) is 30.3 Å². The summed E-state index contributed by atoms with van der Waals surface area (Å²) in [7, 11) is -1.36. The number of imidazole rings is 2. The number of hydrogen-bond donors (Lipinski definition) is 2. The van der Waals surface area contributed by atoms with Crippen molar-refractivity contribution in [2.45, 2.75) is 58.5 Å². The zero-order valence-corrected chi connectivity index (χ0v) is 22.3. The second-order valence-corrected chi connectivity index (χ2v) is 15.7. The van der Waals surface area contributed by atoms with Crippen molar-refractivity contribution in [3.05, 3.63) is 48.1 Å². The molecule has 0 aliphatic heterocycles. The Morgan fingerprint density at radius 1 is 1.11 bits per heavy atom. The maximum atomic E-state index is 13.7. The van der Waals surface area contributed by atoms with E-state index in [9.17, 15) is 13.2 Å². The monoisotopic (exact) mass is 533 g/mol. The SMILES string of the molecule is Cc1ncc2ccc(-c3nc(N)nc(NC(C)c4cn(COCC[Si](C)(C)C)c(C(F)(F)F)n4)n3)cn12. The van der Waals surface area contributed by atoms with E-state index in [1.165, 1.54) is 6.20 Å². The van der Waals surface area contributed by atoms with E-state index < -0.39 is 26.1 Å². The third kappa shape index (κ3) is 6.43. The number of nitrogens with one attached hydrogen (secondary N) is 1. The molecule has 0 aromatic carbocycles. The molecule has 4 aromatic rings. The molecule has 10 nitrogen and oxygen atoms in total. The Morgan fingerprint density at radius 2 is 1.86 bits per heavy atom. The number of fused-ring (bicyclic) bond motifs is 1. The molecular weight excluding hydrogens is 503 g/mol. The molecule has 1 atom stereocenters. The molecule has 0 bridgehead atoms. The number of nitrogen functional groups attached to an aromatic ring is 1. The molecule has 0 amide bonds. The van der Waals surface area contributed by atoms with Crippen LogP contribution >= 0.6 is 0 Å². The first-order valence-electron chi connectivity index (χ1n) is 11.7. The van der Waals surface area contributed by atoms with Gasteiger partial charge in [0.05, 0.1) is 23.4 Å². The molecule has 37 heavy (non-hydrogen) atoms. The van der Waals surface area contributed by atoms with E-state index in [-0.39, 0.29) is 24.3 Å². The van der Waals surface area contributed by atoms with Gasteiger partial charge in [0, 0.05) is 32.6 Å². The van der Waals surface area contributed by atoms with Gasteiger partial charge in [0.2, 0.25) is 17.7 Å². The molecule has 0 saturated carbocycles. The van der Waals surface area contributed by atoms with Crippen LogP contribution in [0, 0.1) is 6.92 Å². The van der Waals surface area contributed by atoms with Crippen LogP contribution in [-0.2, 0) is 17.6 Å². The number of nitrogens with zero attached hydrogens (tertiary/aromatic N) is 7. The van der Waals surface area contributed by atoms with E-state index in [0.717, 1.165) is 22.0 Å². The van der Waals surface area contributed by atoms with Crippen molar-refractivity contribution in [3.8, 4) is 11.4 Å². The normalized spacial score (nSPS) is 13.3. The standard InChI is InChI=1S/C23H30F3N9OSi/c1-14(18-12-34(20(30-18)23(24,25)26)13-36-8-9-37(3,4)5)29-22-32-19(31-21(27)33-22)16-6-7-17-10-28-15(2)35(17)11-16/h6-7,10-12,14H,8-9,13H2,1-5H3,(H3,27,29,31,32,33). The van der Waals surface area contributed by atoms with Gasteiger partial charge in [-0.25, -0.2) is 9.97 Å². The minimum atomic E-state index is -4.63. The molecule has 4 rings (SSSR count). The van der Waals surface area contributed by atoms with Gasteiger partial charge in [-0.1, -0.05) is 19.6 Å². The smallest absolute Gasteiger partial charge is 0.368 e. The Hall–Kier alpha value is -3.52. The van der Waals surface area contributed by atoms with Crippen molar-refractivity contribution in [2.75, 3.05) is 17.7 Å². The van der Waals surface area contributed by atoms with Gasteiger partial charge in [0.15, 0.2) is 5.82 Å². The molecule has 0 spiro atoms. The van der Waals surface area contributed by atoms with Gasteiger partial charge < -0.3 is 24.8 Å². The van der Waals surface area contributed by atoms with E-state index in [2.05, 4.69) is 49.9 Å². The van der Waals surface area contributed by atoms with Crippen molar-refractivity contribution in [1.82, 2.24) is 33.9 Å². The molecule has 0 saturated heterocycles. The first-order valence-corrected chi connectivity index (χ1v) is 15.4. The lowest BCUT2D eigenvalue weighted by Crippen LogP contribution is -2.22. The molecule has 198 valence electrons. The molecule has 0 aliphatic carbocycles. The lowest BCUT2D eigenvalue weighted by molar-refractivity contribution is -0.149. The maximum Gasteiger partial charge on any atom is 0.449 e. The molecule has 1 unspecified atom stereocenters. The Balaban J connectivity index is 1.54. The largest absolute Gasteiger partial charge is 0.449 e. The molecule has 4 aromatic heterocycles. The molecule has 0 radical (unpaired) electrons. The highest BCUT2D eigenvalue weighted by Gasteiger charge is 2.37. The van der Waals surface area contributed by atoms with Crippen LogP contribution in [-0.4, -0.2) is 48.6 Å². The first kappa shape index (κ1) is 26.5. The number of nitrogens with two attached hydrogens (primary N) is 1. The number of hydrogen-bond acceptors (Lipinski definition) is 8. The minimum Gasteiger partial charge on any atom is -0.368 e. The van der Waals surface area contributed by atoms with Gasteiger partial charge in [0.25, 0.3) is 0 Å². The van der Waals surface area contributed by atoms with Crippen LogP contribution in [0.2, 0.25) is 25.7 Å². The molecule has 3 N–H and O–H groups in total. The van der Waals surface area contributed by atoms with E-state index in [1.807, 2.05) is 29.7 Å². The average molecular weight is 534 g/mol. The van der Waals surface area contributed by atoms with Crippen LogP contribution in [0.25, 0.3) is 16.9 Å². The maximum absolute atomic E-state index is 13.7. The lowest BCUT2D eigenvalue weighted by atomic mass is 10.2. The van der Waals surface area contributed by atoms with Crippen LogP contribution in [0.15, 0.2) is 30.7 Å². The summed E-state index contributed by atoms with van der Waals surface area (Å²) in [5.74, 6) is 0.177. The molecule has 0 aliphatic rings. The fraction of sp³-hybridized carbons (Fsp3) is 0.435. The minimum absolute atomic E-state index is 0.0283. The number of alkyl halides is 3. The molecular formula is C23H30F3N9OSi. The third-order valence-corrected chi connectivity index (χ3v) is 7.39. The topological polar surface area (TPSA) is 121 Å². The number of pyridine rings is 1. The van der Waals surface area contributed by atoms with Crippen molar-refractivity contribution in [2.24, 2.45) is 0 Å². The highest BCUT2D eigenvalue weighted by Crippen LogP contribution is 2.30. The summed E-state index contributed by atoms with van der Waals surface area (Å²) in [6.45, 7) is 10.2. The summed E-state index contributed by atoms with van der Waals surface area (Å²) >= 11 is 0. The number of anilines is 2. The summed E-state index contributed by atoms with van der Waals surface area (Å²) in [5.41, 5.74) is 7.67. The third-order valence-electron chi connectivity index (χ3n) is 5.69. The van der Waals surface area contributed by atoms with Crippen LogP contribution in [0.5, 0.6) is 0 Å². The number of ether oxygens (including phenoxy) is 1. The van der Waals surface area contributed by atoms with E-state index in [4.69, 9.17) is 10.5 Å². The van der Waals surface area contributed by atoms with Crippen molar-refractivity contribution >= 4 is 25.5 Å². The number of aromatic nitrogens is 7. The fourth-order valence-electron chi connectivity index (χ4n) is 3.62. The number of halogens is 3. The summed E-state index contributed by atoms with van der Waals surface area (Å²) < 4.78 is 49.4. The second kappa shape index (κ2) is 10.1. The van der Waals surface area contributed by atoms with Crippen LogP contribution < -0.4 is 11.1 Å². The predicted molar refractivity (Wildman–Crippen MR) is 137 cm³/mol. The Bertz CT molecular complexity index is 1390. The summed E-state index contributed by atoms with van der Waals surface area (Å²) in [6, 6.07) is 3.90. The second-order valence-electron chi connectivity index (χ2n) is 10.0. The predicted octanol–water partition coefficient (Wildman–Crippen LogP) is 4.78. The fourth-order valence-corrected chi connectivity index (χ4v) is 4.37. The first-order chi connectivity index (χ1) is 17.3. The Kier molecular flexibility index (Phi) is 7.24. The Morgan fingerprint density at radius 3 is 2.57 bits per heavy atom. The van der Waals surface area contributed by atoms with Crippen molar-refractivity contribution < 1.29 is 17.9 Å². The van der Waals surface area contributed by atoms with Crippen molar-refractivity contribution in [1.29, 1.82) is 0 Å². The number of aryl methyl sites for hydroxylation is 1. The van der Waals surface area contributed by atoms with Crippen molar-refractivity contribution in [3.63, 3.8) is 0 Å². The summed E-state index contributed by atoms with van der Waals surface area (Å²) in [5, 5.41) is 2.99. The Labute approximate surface area is 213 Å². The van der Waals surface area contributed by atoms with Gasteiger partial charge in [-0.05, 0) is 32.0 Å². The van der Waals surface area contributed by atoms with E-state index in [1.54, 1.807) is 13.1 Å². The molecule has 0 fully saturated rings. The summed E-state index contributed by atoms with van der Waals surface area (Å²) in [6.07, 6.45) is 0.283. The van der Waals surface area contributed by atoms with Crippen LogP contribution in [0.4, 0.5) is 25.1 Å².